The van der Waals surface area contributed by atoms with E-state index in [-0.39, 0.29) is 35.8 Å². The van der Waals surface area contributed by atoms with E-state index in [0.717, 1.165) is 19.4 Å². The first-order valence-corrected chi connectivity index (χ1v) is 11.8. The number of nitrogens with one attached hydrogen (secondary N) is 1. The van der Waals surface area contributed by atoms with Gasteiger partial charge in [0, 0.05) is 19.2 Å². The second-order valence-corrected chi connectivity index (χ2v) is 10.7. The zero-order valence-electron chi connectivity index (χ0n) is 21.8. The van der Waals surface area contributed by atoms with Gasteiger partial charge < -0.3 is 15.0 Å². The van der Waals surface area contributed by atoms with Crippen LogP contribution in [-0.2, 0) is 19.1 Å². The number of ether oxygens (including phenoxy) is 1. The van der Waals surface area contributed by atoms with Crippen LogP contribution in [-0.4, -0.2) is 73.0 Å². The monoisotopic (exact) mass is 451 g/mol. The third kappa shape index (κ3) is 7.61. The zero-order chi connectivity index (χ0) is 24.8. The number of likely N-dealkylation sites (tertiary alicyclic amines) is 1. The van der Waals surface area contributed by atoms with Crippen molar-refractivity contribution in [3.05, 3.63) is 11.6 Å². The van der Waals surface area contributed by atoms with E-state index in [1.807, 2.05) is 41.7 Å². The number of esters is 1. The van der Waals surface area contributed by atoms with E-state index >= 15 is 0 Å². The maximum atomic E-state index is 13.6. The van der Waals surface area contributed by atoms with Crippen molar-refractivity contribution in [3.63, 3.8) is 0 Å². The average molecular weight is 452 g/mol. The first-order chi connectivity index (χ1) is 14.7. The van der Waals surface area contributed by atoms with Crippen LogP contribution in [0.4, 0.5) is 0 Å². The highest BCUT2D eigenvalue weighted by atomic mass is 16.5. The molecule has 1 saturated heterocycles. The minimum absolute atomic E-state index is 0.0793. The smallest absolute Gasteiger partial charge is 0.333 e. The van der Waals surface area contributed by atoms with Crippen LogP contribution in [0.25, 0.3) is 0 Å². The summed E-state index contributed by atoms with van der Waals surface area (Å²) in [5.41, 5.74) is 0.00247. The number of amides is 2. The van der Waals surface area contributed by atoms with Gasteiger partial charge in [0.2, 0.25) is 11.8 Å². The lowest BCUT2D eigenvalue weighted by atomic mass is 9.84. The third-order valence-corrected chi connectivity index (χ3v) is 6.26. The molecule has 1 fully saturated rings. The molecule has 0 aromatic carbocycles. The lowest BCUT2D eigenvalue weighted by Crippen LogP contribution is -2.60. The summed E-state index contributed by atoms with van der Waals surface area (Å²) in [5, 5.41) is 3.06. The Balaban J connectivity index is 3.10. The van der Waals surface area contributed by atoms with Crippen LogP contribution in [0.1, 0.15) is 68.2 Å². The van der Waals surface area contributed by atoms with E-state index < -0.39 is 11.5 Å². The molecule has 7 nitrogen and oxygen atoms in total. The molecule has 0 saturated carbocycles. The van der Waals surface area contributed by atoms with E-state index in [4.69, 9.17) is 4.74 Å². The summed E-state index contributed by atoms with van der Waals surface area (Å²) in [6.07, 6.45) is 3.59. The molecule has 1 heterocycles. The van der Waals surface area contributed by atoms with Gasteiger partial charge in [-0.05, 0) is 51.0 Å². The minimum atomic E-state index is -0.676. The van der Waals surface area contributed by atoms with E-state index in [1.165, 1.54) is 0 Å². The minimum Gasteiger partial charge on any atom is -0.463 e. The van der Waals surface area contributed by atoms with Crippen molar-refractivity contribution in [3.8, 4) is 0 Å². The van der Waals surface area contributed by atoms with Crippen LogP contribution in [0.15, 0.2) is 11.6 Å². The van der Waals surface area contributed by atoms with Crippen molar-refractivity contribution in [2.45, 2.75) is 86.4 Å². The van der Waals surface area contributed by atoms with Crippen molar-refractivity contribution in [2.75, 3.05) is 27.2 Å². The molecule has 32 heavy (non-hydrogen) atoms. The SMILES string of the molecule is CCOC(=O)/C(C)=C/[C@H](C(C)C)N(C)C(=O)C(NC(=O)C1CC[C@H](C)CN1C)C(C)(C)C. The highest BCUT2D eigenvalue weighted by Crippen LogP contribution is 2.25. The second kappa shape index (κ2) is 11.8. The molecular weight excluding hydrogens is 406 g/mol. The van der Waals surface area contributed by atoms with Crippen molar-refractivity contribution < 1.29 is 19.1 Å². The molecule has 2 unspecified atom stereocenters. The second-order valence-electron chi connectivity index (χ2n) is 10.7. The zero-order valence-corrected chi connectivity index (χ0v) is 21.8. The molecule has 184 valence electrons. The summed E-state index contributed by atoms with van der Waals surface area (Å²) in [6.45, 7) is 16.7. The quantitative estimate of drug-likeness (QED) is 0.453. The topological polar surface area (TPSA) is 79.0 Å². The first kappa shape index (κ1) is 28.1. The molecule has 4 atom stereocenters. The Bertz CT molecular complexity index is 696. The molecule has 1 aliphatic heterocycles. The Labute approximate surface area is 194 Å². The number of hydrogen-bond acceptors (Lipinski definition) is 5. The fraction of sp³-hybridized carbons (Fsp3) is 0.800. The number of hydrogen-bond donors (Lipinski definition) is 1. The molecule has 0 spiro atoms. The van der Waals surface area contributed by atoms with Gasteiger partial charge in [-0.15, -0.1) is 0 Å². The van der Waals surface area contributed by atoms with Gasteiger partial charge in [0.1, 0.15) is 6.04 Å². The fourth-order valence-electron chi connectivity index (χ4n) is 4.26. The lowest BCUT2D eigenvalue weighted by Gasteiger charge is -2.40. The van der Waals surface area contributed by atoms with Crippen LogP contribution in [0, 0.1) is 17.3 Å². The number of likely N-dealkylation sites (N-methyl/N-ethyl adjacent to an activating group) is 2. The lowest BCUT2D eigenvalue weighted by molar-refractivity contribution is -0.142. The molecule has 1 rings (SSSR count). The van der Waals surface area contributed by atoms with E-state index in [2.05, 4.69) is 17.1 Å². The number of carbonyl (C=O) groups is 3. The van der Waals surface area contributed by atoms with Gasteiger partial charge in [0.25, 0.3) is 0 Å². The van der Waals surface area contributed by atoms with Gasteiger partial charge in [-0.2, -0.15) is 0 Å². The predicted octanol–water partition coefficient (Wildman–Crippen LogP) is 3.24. The predicted molar refractivity (Wildman–Crippen MR) is 128 cm³/mol. The van der Waals surface area contributed by atoms with Crippen molar-refractivity contribution in [1.82, 2.24) is 15.1 Å². The normalized spacial score (nSPS) is 22.3. The molecular formula is C25H45N3O4. The van der Waals surface area contributed by atoms with Crippen molar-refractivity contribution in [2.24, 2.45) is 17.3 Å². The molecule has 0 bridgehead atoms. The summed E-state index contributed by atoms with van der Waals surface area (Å²) in [4.78, 5) is 42.6. The molecule has 1 N–H and O–H groups in total. The summed E-state index contributed by atoms with van der Waals surface area (Å²) < 4.78 is 5.09. The Morgan fingerprint density at radius 3 is 2.28 bits per heavy atom. The third-order valence-electron chi connectivity index (χ3n) is 6.26. The maximum Gasteiger partial charge on any atom is 0.333 e. The van der Waals surface area contributed by atoms with E-state index in [1.54, 1.807) is 31.9 Å². The van der Waals surface area contributed by atoms with Crippen LogP contribution < -0.4 is 5.32 Å². The van der Waals surface area contributed by atoms with Crippen LogP contribution in [0.3, 0.4) is 0 Å². The largest absolute Gasteiger partial charge is 0.463 e. The van der Waals surface area contributed by atoms with Crippen molar-refractivity contribution >= 4 is 17.8 Å². The number of nitrogens with zero attached hydrogens (tertiary/aromatic N) is 2. The molecule has 7 heteroatoms. The Kier molecular flexibility index (Phi) is 10.4. The average Bonchev–Trinajstić information content (AvgIpc) is 2.67. The molecule has 2 amide bonds. The number of piperidine rings is 1. The van der Waals surface area contributed by atoms with Gasteiger partial charge in [-0.25, -0.2) is 4.79 Å². The van der Waals surface area contributed by atoms with Crippen LogP contribution in [0.5, 0.6) is 0 Å². The van der Waals surface area contributed by atoms with E-state index in [9.17, 15) is 14.4 Å². The number of carbonyl (C=O) groups excluding carboxylic acids is 3. The first-order valence-electron chi connectivity index (χ1n) is 11.8. The Hall–Kier alpha value is -1.89. The highest BCUT2D eigenvalue weighted by Gasteiger charge is 2.39. The van der Waals surface area contributed by atoms with Gasteiger partial charge in [0.05, 0.1) is 18.7 Å². The summed E-state index contributed by atoms with van der Waals surface area (Å²) >= 11 is 0. The van der Waals surface area contributed by atoms with Gasteiger partial charge in [-0.1, -0.05) is 47.6 Å². The summed E-state index contributed by atoms with van der Waals surface area (Å²) in [7, 11) is 3.71. The fourth-order valence-corrected chi connectivity index (χ4v) is 4.26. The molecule has 0 aromatic heterocycles. The molecule has 0 radical (unpaired) electrons. The van der Waals surface area contributed by atoms with Crippen LogP contribution in [0.2, 0.25) is 0 Å². The van der Waals surface area contributed by atoms with Crippen LogP contribution >= 0.6 is 0 Å². The van der Waals surface area contributed by atoms with Gasteiger partial charge in [0.15, 0.2) is 0 Å². The van der Waals surface area contributed by atoms with Gasteiger partial charge in [-0.3, -0.25) is 14.5 Å². The Morgan fingerprint density at radius 2 is 1.81 bits per heavy atom. The summed E-state index contributed by atoms with van der Waals surface area (Å²) in [5.74, 6) is 0.00556. The van der Waals surface area contributed by atoms with E-state index in [0.29, 0.717) is 18.1 Å². The maximum absolute atomic E-state index is 13.6. The molecule has 1 aliphatic rings. The molecule has 0 aliphatic carbocycles. The van der Waals surface area contributed by atoms with Crippen molar-refractivity contribution in [1.29, 1.82) is 0 Å². The standard InChI is InChI=1S/C25H45N3O4/c1-11-32-24(31)18(5)14-20(16(2)3)28(10)23(30)21(25(6,7)8)26-22(29)19-13-12-17(4)15-27(19)9/h14,16-17,19-21H,11-13,15H2,1-10H3,(H,26,29)/b18-14+/t17-,19?,20+,21?/m0/s1. The number of rotatable bonds is 8. The summed E-state index contributed by atoms with van der Waals surface area (Å²) in [6, 6.07) is -1.20. The molecule has 0 aromatic rings. The Morgan fingerprint density at radius 1 is 1.22 bits per heavy atom. The van der Waals surface area contributed by atoms with Gasteiger partial charge >= 0.3 is 5.97 Å². The highest BCUT2D eigenvalue weighted by molar-refractivity contribution is 5.91.